The molecule has 0 radical (unpaired) electrons. The lowest BCUT2D eigenvalue weighted by molar-refractivity contribution is 0.0745. The van der Waals surface area contributed by atoms with E-state index in [1.807, 2.05) is 59.1 Å². The van der Waals surface area contributed by atoms with E-state index in [1.165, 1.54) is 0 Å². The Hall–Kier alpha value is -3.75. The molecule has 33 heavy (non-hydrogen) atoms. The van der Waals surface area contributed by atoms with E-state index in [-0.39, 0.29) is 11.4 Å². The minimum absolute atomic E-state index is 0.0226. The summed E-state index contributed by atoms with van der Waals surface area (Å²) in [5, 5.41) is 8.48. The molecule has 1 amide bonds. The van der Waals surface area contributed by atoms with Gasteiger partial charge in [0, 0.05) is 43.0 Å². The fourth-order valence-corrected chi connectivity index (χ4v) is 3.83. The highest BCUT2D eigenvalue weighted by Gasteiger charge is 2.25. The smallest absolute Gasteiger partial charge is 0.300 e. The van der Waals surface area contributed by atoms with Crippen molar-refractivity contribution in [3.05, 3.63) is 53.9 Å². The summed E-state index contributed by atoms with van der Waals surface area (Å²) >= 11 is 0. The molecule has 0 aliphatic carbocycles. The van der Waals surface area contributed by atoms with Gasteiger partial charge in [-0.15, -0.1) is 5.10 Å². The molecule has 0 atom stereocenters. The Labute approximate surface area is 192 Å². The molecule has 1 saturated heterocycles. The number of benzene rings is 1. The van der Waals surface area contributed by atoms with Crippen LogP contribution in [0.1, 0.15) is 36.8 Å². The van der Waals surface area contributed by atoms with E-state index in [4.69, 9.17) is 4.42 Å². The number of amides is 1. The average molecular weight is 446 g/mol. The lowest BCUT2D eigenvalue weighted by atomic mass is 10.1. The maximum Gasteiger partial charge on any atom is 0.300 e. The van der Waals surface area contributed by atoms with Gasteiger partial charge in [-0.2, -0.15) is 4.98 Å². The molecule has 0 spiro atoms. The van der Waals surface area contributed by atoms with E-state index >= 15 is 0 Å². The van der Waals surface area contributed by atoms with E-state index in [9.17, 15) is 4.79 Å². The van der Waals surface area contributed by atoms with E-state index in [0.717, 1.165) is 17.0 Å². The highest BCUT2D eigenvalue weighted by Crippen LogP contribution is 2.23. The molecular formula is C24H27N7O2. The molecular weight excluding hydrogens is 418 g/mol. The van der Waals surface area contributed by atoms with Gasteiger partial charge >= 0.3 is 0 Å². The maximum atomic E-state index is 13.0. The molecule has 9 heteroatoms. The van der Waals surface area contributed by atoms with Crippen LogP contribution in [0.5, 0.6) is 0 Å². The topological polar surface area (TPSA) is 93.2 Å². The van der Waals surface area contributed by atoms with Crippen LogP contribution in [0.15, 0.2) is 47.0 Å². The third kappa shape index (κ3) is 4.18. The van der Waals surface area contributed by atoms with E-state index in [0.29, 0.717) is 49.0 Å². The standard InChI is InChI=1S/C24H27N7O2/c1-16-5-10-20-21(25-16)26-23(33-20)30-13-11-29(12-14-30)22(32)18-8-6-17(7-9-18)19-15-31(28-27-19)24(2,3)4/h5-10,15H,11-14H2,1-4H3. The van der Waals surface area contributed by atoms with Crippen molar-refractivity contribution in [1.29, 1.82) is 0 Å². The number of carbonyl (C=O) groups excluding carboxylic acids is 1. The van der Waals surface area contributed by atoms with Gasteiger partial charge < -0.3 is 14.2 Å². The van der Waals surface area contributed by atoms with Crippen LogP contribution in [-0.2, 0) is 5.54 Å². The summed E-state index contributed by atoms with van der Waals surface area (Å²) in [4.78, 5) is 25.9. The van der Waals surface area contributed by atoms with Crippen LogP contribution in [0.4, 0.5) is 6.01 Å². The van der Waals surface area contributed by atoms with Crippen LogP contribution >= 0.6 is 0 Å². The molecule has 9 nitrogen and oxygen atoms in total. The van der Waals surface area contributed by atoms with Gasteiger partial charge in [-0.05, 0) is 52.0 Å². The molecule has 5 rings (SSSR count). The molecule has 0 N–H and O–H groups in total. The zero-order valence-corrected chi connectivity index (χ0v) is 19.3. The number of aryl methyl sites for hydroxylation is 1. The number of aromatic nitrogens is 5. The van der Waals surface area contributed by atoms with Crippen LogP contribution in [0.2, 0.25) is 0 Å². The summed E-state index contributed by atoms with van der Waals surface area (Å²) in [5.74, 6) is 0.0226. The molecule has 1 fully saturated rings. The molecule has 170 valence electrons. The van der Waals surface area contributed by atoms with Gasteiger partial charge in [0.05, 0.1) is 11.7 Å². The summed E-state index contributed by atoms with van der Waals surface area (Å²) in [5.41, 5.74) is 4.46. The Morgan fingerprint density at radius 1 is 0.970 bits per heavy atom. The van der Waals surface area contributed by atoms with Crippen molar-refractivity contribution in [3.63, 3.8) is 0 Å². The minimum Gasteiger partial charge on any atom is -0.422 e. The number of pyridine rings is 1. The molecule has 0 saturated carbocycles. The number of piperazine rings is 1. The zero-order chi connectivity index (χ0) is 23.2. The van der Waals surface area contributed by atoms with Crippen molar-refractivity contribution < 1.29 is 9.21 Å². The Balaban J connectivity index is 1.23. The third-order valence-electron chi connectivity index (χ3n) is 5.83. The maximum absolute atomic E-state index is 13.0. The van der Waals surface area contributed by atoms with Crippen molar-refractivity contribution >= 4 is 23.2 Å². The van der Waals surface area contributed by atoms with Crippen LogP contribution in [0.25, 0.3) is 22.5 Å². The zero-order valence-electron chi connectivity index (χ0n) is 19.3. The van der Waals surface area contributed by atoms with Crippen molar-refractivity contribution in [2.24, 2.45) is 0 Å². The predicted octanol–water partition coefficient (Wildman–Crippen LogP) is 3.51. The number of hydrogen-bond acceptors (Lipinski definition) is 7. The van der Waals surface area contributed by atoms with Crippen molar-refractivity contribution in [2.45, 2.75) is 33.2 Å². The molecule has 1 aliphatic heterocycles. The SMILES string of the molecule is Cc1ccc2oc(N3CCN(C(=O)c4ccc(-c5cn(C(C)(C)C)nn5)cc4)CC3)nc2n1. The number of fused-ring (bicyclic) bond motifs is 1. The Bertz CT molecular complexity index is 1290. The second-order valence-corrected chi connectivity index (χ2v) is 9.35. The van der Waals surface area contributed by atoms with E-state index in [1.54, 1.807) is 0 Å². The quantitative estimate of drug-likeness (QED) is 0.476. The fraction of sp³-hybridized carbons (Fsp3) is 0.375. The second-order valence-electron chi connectivity index (χ2n) is 9.35. The lowest BCUT2D eigenvalue weighted by Gasteiger charge is -2.33. The number of hydrogen-bond donors (Lipinski definition) is 0. The second kappa shape index (κ2) is 7.99. The summed E-state index contributed by atoms with van der Waals surface area (Å²) in [6.45, 7) is 10.7. The number of anilines is 1. The summed E-state index contributed by atoms with van der Waals surface area (Å²) in [7, 11) is 0. The molecule has 1 aliphatic rings. The largest absolute Gasteiger partial charge is 0.422 e. The summed E-state index contributed by atoms with van der Waals surface area (Å²) in [6.07, 6.45) is 1.93. The molecule has 0 bridgehead atoms. The molecule has 3 aromatic heterocycles. The van der Waals surface area contributed by atoms with Crippen LogP contribution in [0.3, 0.4) is 0 Å². The normalized spacial score (nSPS) is 14.8. The van der Waals surface area contributed by atoms with E-state index < -0.39 is 0 Å². The van der Waals surface area contributed by atoms with Crippen molar-refractivity contribution in [2.75, 3.05) is 31.1 Å². The van der Waals surface area contributed by atoms with Gasteiger partial charge in [0.25, 0.3) is 11.9 Å². The van der Waals surface area contributed by atoms with Gasteiger partial charge in [0.2, 0.25) is 5.65 Å². The van der Waals surface area contributed by atoms with Crippen LogP contribution < -0.4 is 4.90 Å². The van der Waals surface area contributed by atoms with Gasteiger partial charge in [-0.1, -0.05) is 17.3 Å². The minimum atomic E-state index is -0.128. The van der Waals surface area contributed by atoms with Gasteiger partial charge in [0.15, 0.2) is 5.58 Å². The number of rotatable bonds is 3. The monoisotopic (exact) mass is 445 g/mol. The van der Waals surface area contributed by atoms with Crippen LogP contribution in [0, 0.1) is 6.92 Å². The first kappa shape index (κ1) is 21.1. The third-order valence-corrected chi connectivity index (χ3v) is 5.83. The molecule has 1 aromatic carbocycles. The summed E-state index contributed by atoms with van der Waals surface area (Å²) in [6, 6.07) is 11.9. The predicted molar refractivity (Wildman–Crippen MR) is 125 cm³/mol. The Morgan fingerprint density at radius 3 is 2.36 bits per heavy atom. The van der Waals surface area contributed by atoms with Gasteiger partial charge in [0.1, 0.15) is 5.69 Å². The number of oxazole rings is 1. The first-order valence-corrected chi connectivity index (χ1v) is 11.1. The molecule has 0 unspecified atom stereocenters. The lowest BCUT2D eigenvalue weighted by Crippen LogP contribution is -2.48. The number of carbonyl (C=O) groups is 1. The van der Waals surface area contributed by atoms with Crippen molar-refractivity contribution in [3.8, 4) is 11.3 Å². The van der Waals surface area contributed by atoms with E-state index in [2.05, 4.69) is 46.0 Å². The summed E-state index contributed by atoms with van der Waals surface area (Å²) < 4.78 is 7.70. The molecule has 4 aromatic rings. The highest BCUT2D eigenvalue weighted by atomic mass is 16.4. The highest BCUT2D eigenvalue weighted by molar-refractivity contribution is 5.94. The van der Waals surface area contributed by atoms with Gasteiger partial charge in [-0.25, -0.2) is 9.67 Å². The molecule has 4 heterocycles. The first-order chi connectivity index (χ1) is 15.8. The van der Waals surface area contributed by atoms with Gasteiger partial charge in [-0.3, -0.25) is 4.79 Å². The Kier molecular flexibility index (Phi) is 5.11. The van der Waals surface area contributed by atoms with Crippen molar-refractivity contribution in [1.82, 2.24) is 29.9 Å². The van der Waals surface area contributed by atoms with Crippen LogP contribution in [-0.4, -0.2) is 61.9 Å². The number of nitrogens with zero attached hydrogens (tertiary/aromatic N) is 7. The Morgan fingerprint density at radius 2 is 1.70 bits per heavy atom. The first-order valence-electron chi connectivity index (χ1n) is 11.1. The average Bonchev–Trinajstić information content (AvgIpc) is 3.46. The fourth-order valence-electron chi connectivity index (χ4n) is 3.83.